The average Bonchev–Trinajstić information content (AvgIpc) is 3.96. The maximum Gasteiger partial charge on any atom is 0.0731 e. The Bertz CT molecular complexity index is 3570. The number of nitrogens with zero attached hydrogens (tertiary/aromatic N) is 1. The molecular formula is C66H55N. The van der Waals surface area contributed by atoms with E-state index in [9.17, 15) is 0 Å². The minimum Gasteiger partial charge on any atom is -0.310 e. The topological polar surface area (TPSA) is 3.24 Å². The van der Waals surface area contributed by atoms with Crippen molar-refractivity contribution in [1.29, 1.82) is 0 Å². The number of fused-ring (bicyclic) bond motifs is 16. The predicted molar refractivity (Wildman–Crippen MR) is 281 cm³/mol. The molecule has 1 atom stereocenters. The first-order valence-corrected chi connectivity index (χ1v) is 24.2. The molecule has 1 spiro atoms. The molecule has 0 aromatic heterocycles. The van der Waals surface area contributed by atoms with Gasteiger partial charge in [-0.3, -0.25) is 0 Å². The maximum atomic E-state index is 2.54. The Balaban J connectivity index is 1.03. The fourth-order valence-corrected chi connectivity index (χ4v) is 13.0. The zero-order chi connectivity index (χ0) is 45.8. The van der Waals surface area contributed by atoms with Gasteiger partial charge >= 0.3 is 0 Å². The van der Waals surface area contributed by atoms with Gasteiger partial charge in [0.1, 0.15) is 0 Å². The lowest BCUT2D eigenvalue weighted by Crippen LogP contribution is -2.27. The van der Waals surface area contributed by atoms with E-state index in [4.69, 9.17) is 0 Å². The molecule has 9 aromatic carbocycles. The van der Waals surface area contributed by atoms with Gasteiger partial charge in [0.05, 0.1) is 11.1 Å². The number of benzene rings is 9. The average molecular weight is 862 g/mol. The van der Waals surface area contributed by atoms with Crippen LogP contribution in [0.3, 0.4) is 0 Å². The van der Waals surface area contributed by atoms with Gasteiger partial charge in [0.2, 0.25) is 0 Å². The van der Waals surface area contributed by atoms with Gasteiger partial charge in [-0.15, -0.1) is 0 Å². The molecule has 0 fully saturated rings. The van der Waals surface area contributed by atoms with E-state index in [0.717, 1.165) is 5.69 Å². The second kappa shape index (κ2) is 13.7. The Kier molecular flexibility index (Phi) is 8.18. The quantitative estimate of drug-likeness (QED) is 0.170. The molecule has 0 bridgehead atoms. The van der Waals surface area contributed by atoms with E-state index in [0.29, 0.717) is 0 Å². The normalized spacial score (nSPS) is 17.0. The molecule has 324 valence electrons. The van der Waals surface area contributed by atoms with E-state index < -0.39 is 5.41 Å². The summed E-state index contributed by atoms with van der Waals surface area (Å²) in [4.78, 5) is 2.53. The molecular weight excluding hydrogens is 807 g/mol. The van der Waals surface area contributed by atoms with Gasteiger partial charge in [-0.2, -0.15) is 0 Å². The molecule has 0 heterocycles. The highest BCUT2D eigenvalue weighted by Crippen LogP contribution is 2.65. The van der Waals surface area contributed by atoms with Crippen LogP contribution < -0.4 is 4.90 Å². The van der Waals surface area contributed by atoms with Crippen molar-refractivity contribution in [3.8, 4) is 55.6 Å². The summed E-state index contributed by atoms with van der Waals surface area (Å²) in [5.74, 6) is 0. The van der Waals surface area contributed by atoms with Crippen LogP contribution in [0.4, 0.5) is 17.1 Å². The van der Waals surface area contributed by atoms with Crippen molar-refractivity contribution >= 4 is 17.1 Å². The summed E-state index contributed by atoms with van der Waals surface area (Å²) in [6, 6.07) is 72.4. The highest BCUT2D eigenvalue weighted by molar-refractivity contribution is 6.00. The summed E-state index contributed by atoms with van der Waals surface area (Å²) in [6.45, 7) is 18.8. The lowest BCUT2D eigenvalue weighted by atomic mass is 9.67. The van der Waals surface area contributed by atoms with Crippen LogP contribution in [0.15, 0.2) is 188 Å². The van der Waals surface area contributed by atoms with E-state index >= 15 is 0 Å². The van der Waals surface area contributed by atoms with Crippen molar-refractivity contribution in [3.63, 3.8) is 0 Å². The number of anilines is 3. The third-order valence-corrected chi connectivity index (χ3v) is 16.3. The predicted octanol–water partition coefficient (Wildman–Crippen LogP) is 17.4. The number of rotatable bonds is 4. The van der Waals surface area contributed by atoms with Gasteiger partial charge in [0.25, 0.3) is 0 Å². The van der Waals surface area contributed by atoms with Crippen LogP contribution in [0.25, 0.3) is 55.6 Å². The first-order valence-electron chi connectivity index (χ1n) is 24.2. The molecule has 1 nitrogen and oxygen atoms in total. The van der Waals surface area contributed by atoms with Gasteiger partial charge in [-0.25, -0.2) is 0 Å². The summed E-state index contributed by atoms with van der Waals surface area (Å²) in [5, 5.41) is 0. The number of hydrogen-bond donors (Lipinski definition) is 0. The molecule has 1 unspecified atom stereocenters. The van der Waals surface area contributed by atoms with Gasteiger partial charge < -0.3 is 4.90 Å². The third kappa shape index (κ3) is 5.32. The third-order valence-electron chi connectivity index (χ3n) is 16.3. The molecule has 0 amide bonds. The van der Waals surface area contributed by atoms with Crippen LogP contribution in [0.1, 0.15) is 104 Å². The largest absolute Gasteiger partial charge is 0.310 e. The fourth-order valence-electron chi connectivity index (χ4n) is 13.0. The SMILES string of the molecule is Cc1ccc2c(c1)C1(c3cc(C(C)(C)C)ccc3-2)c2ccccc2-c2cccc(-c3ccc(N(c4ccc5c(c4)C(C)(C)c4ccccc4-5)c4cccc5c4-c4ccccc4C5(C)C)cc3)c21. The second-order valence-electron chi connectivity index (χ2n) is 21.7. The highest BCUT2D eigenvalue weighted by atomic mass is 15.1. The molecule has 0 N–H and O–H groups in total. The maximum absolute atomic E-state index is 2.54. The summed E-state index contributed by atoms with van der Waals surface area (Å²) in [6.07, 6.45) is 0. The van der Waals surface area contributed by atoms with Gasteiger partial charge in [-0.1, -0.05) is 212 Å². The Labute approximate surface area is 396 Å². The minimum atomic E-state index is -0.468. The molecule has 67 heavy (non-hydrogen) atoms. The zero-order valence-electron chi connectivity index (χ0n) is 39.8. The monoisotopic (exact) mass is 861 g/mol. The van der Waals surface area contributed by atoms with Crippen molar-refractivity contribution in [3.05, 3.63) is 244 Å². The number of hydrogen-bond acceptors (Lipinski definition) is 1. The van der Waals surface area contributed by atoms with Crippen LogP contribution in [0, 0.1) is 6.92 Å². The van der Waals surface area contributed by atoms with Gasteiger partial charge in [0, 0.05) is 27.8 Å². The van der Waals surface area contributed by atoms with E-state index in [1.165, 1.54) is 123 Å². The molecule has 13 rings (SSSR count). The first kappa shape index (κ1) is 40.1. The van der Waals surface area contributed by atoms with E-state index in [-0.39, 0.29) is 16.2 Å². The van der Waals surface area contributed by atoms with Crippen LogP contribution in [-0.4, -0.2) is 0 Å². The van der Waals surface area contributed by atoms with Crippen LogP contribution in [-0.2, 0) is 21.7 Å². The van der Waals surface area contributed by atoms with Crippen molar-refractivity contribution in [2.75, 3.05) is 4.90 Å². The van der Waals surface area contributed by atoms with Gasteiger partial charge in [-0.05, 0) is 143 Å². The molecule has 1 heteroatoms. The fraction of sp³-hybridized carbons (Fsp3) is 0.182. The highest BCUT2D eigenvalue weighted by Gasteiger charge is 2.53. The summed E-state index contributed by atoms with van der Waals surface area (Å²) >= 11 is 0. The van der Waals surface area contributed by atoms with E-state index in [1.807, 2.05) is 0 Å². The molecule has 0 aliphatic heterocycles. The standard InChI is InChI=1S/C66H55N/c1-40-27-34-49-50-35-30-42(63(2,3)4)38-59(50)66(58(49)37-40)55-24-14-10-18-47(55)51-21-15-20-45(62(51)66)41-28-31-43(32-29-41)67(44-33-36-48-46-17-9-12-22-53(46)65(7,8)57(48)39-44)60-26-16-25-56-61(60)52-19-11-13-23-54(52)64(56,5)6/h9-39H,1-8H3. The second-order valence-corrected chi connectivity index (χ2v) is 21.7. The smallest absolute Gasteiger partial charge is 0.0731 e. The Hall–Kier alpha value is -7.22. The summed E-state index contributed by atoms with van der Waals surface area (Å²) in [7, 11) is 0. The van der Waals surface area contributed by atoms with Crippen LogP contribution in [0.5, 0.6) is 0 Å². The van der Waals surface area contributed by atoms with Crippen LogP contribution >= 0.6 is 0 Å². The Morgan fingerprint density at radius 3 is 1.61 bits per heavy atom. The zero-order valence-corrected chi connectivity index (χ0v) is 39.8. The molecule has 0 saturated carbocycles. The molecule has 0 saturated heterocycles. The first-order chi connectivity index (χ1) is 32.3. The summed E-state index contributed by atoms with van der Waals surface area (Å²) < 4.78 is 0. The van der Waals surface area contributed by atoms with E-state index in [1.54, 1.807) is 0 Å². The molecule has 9 aromatic rings. The lowest BCUT2D eigenvalue weighted by Gasteiger charge is -2.33. The van der Waals surface area contributed by atoms with E-state index in [2.05, 4.69) is 248 Å². The van der Waals surface area contributed by atoms with Crippen molar-refractivity contribution in [2.24, 2.45) is 0 Å². The Morgan fingerprint density at radius 1 is 0.373 bits per heavy atom. The summed E-state index contributed by atoms with van der Waals surface area (Å²) in [5.41, 5.74) is 29.6. The molecule has 0 radical (unpaired) electrons. The number of aryl methyl sites for hydroxylation is 1. The molecule has 4 aliphatic rings. The van der Waals surface area contributed by atoms with Gasteiger partial charge in [0.15, 0.2) is 0 Å². The lowest BCUT2D eigenvalue weighted by molar-refractivity contribution is 0.588. The van der Waals surface area contributed by atoms with Crippen molar-refractivity contribution in [2.45, 2.75) is 77.0 Å². The van der Waals surface area contributed by atoms with Crippen LogP contribution in [0.2, 0.25) is 0 Å². The molecule has 4 aliphatic carbocycles. The van der Waals surface area contributed by atoms with Crippen molar-refractivity contribution < 1.29 is 0 Å². The Morgan fingerprint density at radius 2 is 0.881 bits per heavy atom. The minimum absolute atomic E-state index is 0.00163. The van der Waals surface area contributed by atoms with Crippen molar-refractivity contribution in [1.82, 2.24) is 0 Å².